The van der Waals surface area contributed by atoms with Gasteiger partial charge in [0.1, 0.15) is 0 Å². The molecular formula is C25H34N2O. The Hall–Kier alpha value is -2.39. The van der Waals surface area contributed by atoms with Crippen LogP contribution in [0.25, 0.3) is 10.8 Å². The number of primary amides is 1. The number of carbonyl (C=O) groups excluding carboxylic acids is 1. The zero-order valence-corrected chi connectivity index (χ0v) is 18.0. The van der Waals surface area contributed by atoms with Crippen molar-refractivity contribution in [1.82, 2.24) is 4.90 Å². The fraction of sp³-hybridized carbons (Fsp3) is 0.400. The molecule has 1 atom stereocenters. The third kappa shape index (κ3) is 5.56. The minimum Gasteiger partial charge on any atom is -0.369 e. The largest absolute Gasteiger partial charge is 0.369 e. The van der Waals surface area contributed by atoms with Crippen LogP contribution in [0.5, 0.6) is 0 Å². The summed E-state index contributed by atoms with van der Waals surface area (Å²) in [5.74, 6) is -0.270. The Morgan fingerprint density at radius 3 is 2.11 bits per heavy atom. The molecule has 0 aliphatic heterocycles. The van der Waals surface area contributed by atoms with E-state index in [9.17, 15) is 4.79 Å². The van der Waals surface area contributed by atoms with Gasteiger partial charge in [0.2, 0.25) is 5.91 Å². The van der Waals surface area contributed by atoms with Crippen LogP contribution in [0.4, 0.5) is 0 Å². The second-order valence-electron chi connectivity index (χ2n) is 8.30. The van der Waals surface area contributed by atoms with Gasteiger partial charge in [-0.05, 0) is 57.4 Å². The van der Waals surface area contributed by atoms with Gasteiger partial charge in [0.15, 0.2) is 0 Å². The highest BCUT2D eigenvalue weighted by molar-refractivity contribution is 5.94. The zero-order chi connectivity index (χ0) is 20.7. The van der Waals surface area contributed by atoms with Crippen LogP contribution in [0.3, 0.4) is 0 Å². The number of hydrogen-bond donors (Lipinski definition) is 1. The average Bonchev–Trinajstić information content (AvgIpc) is 2.66. The zero-order valence-electron chi connectivity index (χ0n) is 18.0. The highest BCUT2D eigenvalue weighted by Gasteiger charge is 2.34. The van der Waals surface area contributed by atoms with Gasteiger partial charge in [-0.15, -0.1) is 0 Å². The summed E-state index contributed by atoms with van der Waals surface area (Å²) in [6.07, 6.45) is 5.15. The number of amides is 1. The van der Waals surface area contributed by atoms with Crippen molar-refractivity contribution < 1.29 is 4.79 Å². The van der Waals surface area contributed by atoms with E-state index in [-0.39, 0.29) is 5.91 Å². The van der Waals surface area contributed by atoms with Crippen molar-refractivity contribution in [2.24, 2.45) is 5.73 Å². The van der Waals surface area contributed by atoms with Crippen LogP contribution in [0.15, 0.2) is 65.8 Å². The molecule has 0 aliphatic rings. The van der Waals surface area contributed by atoms with E-state index in [1.54, 1.807) is 0 Å². The molecule has 2 N–H and O–H groups in total. The molecule has 0 saturated carbocycles. The highest BCUT2D eigenvalue weighted by atomic mass is 16.1. The van der Waals surface area contributed by atoms with Crippen LogP contribution < -0.4 is 5.73 Å². The lowest BCUT2D eigenvalue weighted by Gasteiger charge is -2.31. The molecule has 28 heavy (non-hydrogen) atoms. The lowest BCUT2D eigenvalue weighted by atomic mass is 9.76. The Balaban J connectivity index is 2.32. The molecule has 150 valence electrons. The average molecular weight is 379 g/mol. The molecule has 0 bridgehead atoms. The quantitative estimate of drug-likeness (QED) is 0.609. The SMILES string of the molecule is CC(C)=CCN(CC=C(C)C)CCC(C)(C(N)=O)c1cccc2ccccc12. The van der Waals surface area contributed by atoms with E-state index in [1.807, 2.05) is 31.2 Å². The molecule has 0 heterocycles. The molecule has 1 unspecified atom stereocenters. The number of nitrogens with two attached hydrogens (primary N) is 1. The van der Waals surface area contributed by atoms with Crippen molar-refractivity contribution in [3.63, 3.8) is 0 Å². The summed E-state index contributed by atoms with van der Waals surface area (Å²) in [5, 5.41) is 2.24. The number of allylic oxidation sites excluding steroid dienone is 2. The Morgan fingerprint density at radius 2 is 1.54 bits per heavy atom. The molecule has 2 rings (SSSR count). The van der Waals surface area contributed by atoms with Crippen molar-refractivity contribution in [1.29, 1.82) is 0 Å². The molecule has 2 aromatic carbocycles. The second-order valence-corrected chi connectivity index (χ2v) is 8.30. The first-order valence-electron chi connectivity index (χ1n) is 10.0. The summed E-state index contributed by atoms with van der Waals surface area (Å²) in [5.41, 5.74) is 8.85. The van der Waals surface area contributed by atoms with Crippen LogP contribution in [0.1, 0.15) is 46.6 Å². The third-order valence-electron chi connectivity index (χ3n) is 5.37. The van der Waals surface area contributed by atoms with E-state index >= 15 is 0 Å². The summed E-state index contributed by atoms with van der Waals surface area (Å²) in [7, 11) is 0. The molecule has 0 saturated heterocycles. The van der Waals surface area contributed by atoms with Crippen molar-refractivity contribution in [2.75, 3.05) is 19.6 Å². The van der Waals surface area contributed by atoms with Crippen LogP contribution in [-0.4, -0.2) is 30.4 Å². The fourth-order valence-electron chi connectivity index (χ4n) is 3.36. The van der Waals surface area contributed by atoms with Crippen molar-refractivity contribution in [2.45, 2.75) is 46.5 Å². The molecule has 0 spiro atoms. The molecule has 3 nitrogen and oxygen atoms in total. The Bertz CT molecular complexity index is 848. The third-order valence-corrected chi connectivity index (χ3v) is 5.37. The number of benzene rings is 2. The van der Waals surface area contributed by atoms with Crippen LogP contribution >= 0.6 is 0 Å². The lowest BCUT2D eigenvalue weighted by molar-refractivity contribution is -0.123. The Morgan fingerprint density at radius 1 is 0.964 bits per heavy atom. The number of hydrogen-bond acceptors (Lipinski definition) is 2. The van der Waals surface area contributed by atoms with Crippen molar-refractivity contribution in [3.8, 4) is 0 Å². The minimum absolute atomic E-state index is 0.270. The smallest absolute Gasteiger partial charge is 0.227 e. The van der Waals surface area contributed by atoms with Gasteiger partial charge in [0.25, 0.3) is 0 Å². The van der Waals surface area contributed by atoms with E-state index in [1.165, 1.54) is 11.1 Å². The van der Waals surface area contributed by atoms with Crippen molar-refractivity contribution in [3.05, 3.63) is 71.3 Å². The summed E-state index contributed by atoms with van der Waals surface area (Å²) >= 11 is 0. The van der Waals surface area contributed by atoms with Crippen molar-refractivity contribution >= 4 is 16.7 Å². The van der Waals surface area contributed by atoms with Gasteiger partial charge in [-0.1, -0.05) is 65.8 Å². The topological polar surface area (TPSA) is 46.3 Å². The van der Waals surface area contributed by atoms with Gasteiger partial charge < -0.3 is 5.73 Å². The van der Waals surface area contributed by atoms with E-state index in [0.29, 0.717) is 6.42 Å². The van der Waals surface area contributed by atoms with Gasteiger partial charge in [-0.3, -0.25) is 9.69 Å². The van der Waals surface area contributed by atoms with Crippen LogP contribution in [-0.2, 0) is 10.2 Å². The van der Waals surface area contributed by atoms with Gasteiger partial charge >= 0.3 is 0 Å². The summed E-state index contributed by atoms with van der Waals surface area (Å²) in [6.45, 7) is 13.0. The summed E-state index contributed by atoms with van der Waals surface area (Å²) < 4.78 is 0. The molecule has 2 aromatic rings. The Kier molecular flexibility index (Phi) is 7.59. The first kappa shape index (κ1) is 21.9. The first-order valence-corrected chi connectivity index (χ1v) is 10.0. The first-order chi connectivity index (χ1) is 13.2. The van der Waals surface area contributed by atoms with Gasteiger partial charge in [0.05, 0.1) is 5.41 Å². The number of carbonyl (C=O) groups is 1. The number of fused-ring (bicyclic) bond motifs is 1. The molecule has 0 radical (unpaired) electrons. The maximum Gasteiger partial charge on any atom is 0.227 e. The molecular weight excluding hydrogens is 344 g/mol. The predicted molar refractivity (Wildman–Crippen MR) is 120 cm³/mol. The second kappa shape index (κ2) is 9.70. The standard InChI is InChI=1S/C25H34N2O/c1-19(2)13-16-27(17-14-20(3)4)18-15-25(5,24(26)28)23-12-8-10-21-9-6-7-11-22(21)23/h6-14H,15-18H2,1-5H3,(H2,26,28). The molecule has 1 amide bonds. The van der Waals surface area contributed by atoms with Crippen LogP contribution in [0, 0.1) is 0 Å². The minimum atomic E-state index is -0.713. The maximum absolute atomic E-state index is 12.6. The van der Waals surface area contributed by atoms with E-state index < -0.39 is 5.41 Å². The summed E-state index contributed by atoms with van der Waals surface area (Å²) in [4.78, 5) is 15.0. The van der Waals surface area contributed by atoms with Gasteiger partial charge in [0, 0.05) is 19.6 Å². The lowest BCUT2D eigenvalue weighted by Crippen LogP contribution is -2.42. The predicted octanol–water partition coefficient (Wildman–Crippen LogP) is 5.21. The molecule has 0 fully saturated rings. The van der Waals surface area contributed by atoms with Gasteiger partial charge in [-0.2, -0.15) is 0 Å². The fourth-order valence-corrected chi connectivity index (χ4v) is 3.36. The molecule has 3 heteroatoms. The van der Waals surface area contributed by atoms with Crippen LogP contribution in [0.2, 0.25) is 0 Å². The molecule has 0 aliphatic carbocycles. The van der Waals surface area contributed by atoms with E-state index in [4.69, 9.17) is 5.73 Å². The molecule has 0 aromatic heterocycles. The highest BCUT2D eigenvalue weighted by Crippen LogP contribution is 2.33. The number of rotatable bonds is 9. The van der Waals surface area contributed by atoms with E-state index in [2.05, 4.69) is 62.9 Å². The maximum atomic E-state index is 12.6. The Labute approximate surface area is 169 Å². The monoisotopic (exact) mass is 378 g/mol. The normalized spacial score (nSPS) is 13.2. The number of nitrogens with zero attached hydrogens (tertiary/aromatic N) is 1. The van der Waals surface area contributed by atoms with Gasteiger partial charge in [-0.25, -0.2) is 0 Å². The summed E-state index contributed by atoms with van der Waals surface area (Å²) in [6, 6.07) is 14.3. The van der Waals surface area contributed by atoms with E-state index in [0.717, 1.165) is 36.0 Å².